The molecule has 1 N–H and O–H groups in total. The molecule has 1 aromatic carbocycles. The third kappa shape index (κ3) is 3.82. The predicted molar refractivity (Wildman–Crippen MR) is 99.5 cm³/mol. The number of nitrogens with zero attached hydrogens (tertiary/aromatic N) is 5. The summed E-state index contributed by atoms with van der Waals surface area (Å²) in [5.74, 6) is 0.782. The van der Waals surface area contributed by atoms with Crippen LogP contribution >= 0.6 is 0 Å². The zero-order chi connectivity index (χ0) is 18.7. The lowest BCUT2D eigenvalue weighted by molar-refractivity contribution is 0.0946. The number of aryl methyl sites for hydroxylation is 5. The van der Waals surface area contributed by atoms with Gasteiger partial charge in [-0.3, -0.25) is 4.79 Å². The highest BCUT2D eigenvalue weighted by atomic mass is 16.2. The van der Waals surface area contributed by atoms with E-state index in [0.717, 1.165) is 30.0 Å². The summed E-state index contributed by atoms with van der Waals surface area (Å²) in [7, 11) is 0. The fourth-order valence-electron chi connectivity index (χ4n) is 2.90. The van der Waals surface area contributed by atoms with Gasteiger partial charge in [-0.05, 0) is 45.7 Å². The van der Waals surface area contributed by atoms with Crippen molar-refractivity contribution in [3.8, 4) is 5.69 Å². The van der Waals surface area contributed by atoms with Crippen molar-refractivity contribution in [1.29, 1.82) is 0 Å². The molecule has 0 aliphatic carbocycles. The summed E-state index contributed by atoms with van der Waals surface area (Å²) >= 11 is 0. The second-order valence-electron chi connectivity index (χ2n) is 6.49. The van der Waals surface area contributed by atoms with Crippen LogP contribution in [0.4, 0.5) is 0 Å². The van der Waals surface area contributed by atoms with Crippen molar-refractivity contribution in [2.24, 2.45) is 0 Å². The number of hydrogen-bond acceptors (Lipinski definition) is 4. The van der Waals surface area contributed by atoms with Crippen LogP contribution in [-0.2, 0) is 6.54 Å². The van der Waals surface area contributed by atoms with E-state index in [-0.39, 0.29) is 5.91 Å². The van der Waals surface area contributed by atoms with Crippen molar-refractivity contribution >= 4 is 5.91 Å². The minimum atomic E-state index is -0.194. The van der Waals surface area contributed by atoms with Crippen molar-refractivity contribution in [3.05, 3.63) is 58.9 Å². The molecule has 0 atom stereocenters. The number of carbonyl (C=O) groups is 1. The molecule has 0 spiro atoms. The van der Waals surface area contributed by atoms with E-state index in [0.29, 0.717) is 17.9 Å². The van der Waals surface area contributed by atoms with Crippen LogP contribution in [0.1, 0.15) is 39.6 Å². The van der Waals surface area contributed by atoms with Crippen LogP contribution in [0.25, 0.3) is 5.69 Å². The smallest absolute Gasteiger partial charge is 0.273 e. The van der Waals surface area contributed by atoms with Crippen LogP contribution in [0.2, 0.25) is 0 Å². The monoisotopic (exact) mass is 352 g/mol. The number of amides is 1. The van der Waals surface area contributed by atoms with E-state index in [1.807, 2.05) is 39.1 Å². The first-order valence-electron chi connectivity index (χ1n) is 8.73. The summed E-state index contributed by atoms with van der Waals surface area (Å²) in [6.45, 7) is 9.22. The summed E-state index contributed by atoms with van der Waals surface area (Å²) in [5, 5.41) is 11.7. The number of nitrogens with one attached hydrogen (secondary N) is 1. The Morgan fingerprint density at radius 1 is 1.15 bits per heavy atom. The van der Waals surface area contributed by atoms with Gasteiger partial charge in [0.05, 0.1) is 11.4 Å². The van der Waals surface area contributed by atoms with Gasteiger partial charge in [-0.1, -0.05) is 17.7 Å². The highest BCUT2D eigenvalue weighted by molar-refractivity contribution is 5.93. The molecular weight excluding hydrogens is 328 g/mol. The first kappa shape index (κ1) is 17.8. The lowest BCUT2D eigenvalue weighted by Gasteiger charge is -2.06. The predicted octanol–water partition coefficient (Wildman–Crippen LogP) is 2.52. The van der Waals surface area contributed by atoms with E-state index in [4.69, 9.17) is 0 Å². The Balaban J connectivity index is 1.63. The molecular formula is C19H24N6O. The molecule has 1 amide bonds. The summed E-state index contributed by atoms with van der Waals surface area (Å²) in [4.78, 5) is 18.2. The van der Waals surface area contributed by atoms with Crippen molar-refractivity contribution < 1.29 is 4.79 Å². The van der Waals surface area contributed by atoms with E-state index in [1.54, 1.807) is 13.1 Å². The van der Waals surface area contributed by atoms with Gasteiger partial charge in [-0.2, -0.15) is 9.90 Å². The van der Waals surface area contributed by atoms with E-state index >= 15 is 0 Å². The van der Waals surface area contributed by atoms with Gasteiger partial charge in [-0.25, -0.2) is 4.98 Å². The molecule has 26 heavy (non-hydrogen) atoms. The topological polar surface area (TPSA) is 77.6 Å². The number of benzene rings is 1. The minimum absolute atomic E-state index is 0.194. The summed E-state index contributed by atoms with van der Waals surface area (Å²) in [6.07, 6.45) is 4.55. The second kappa shape index (κ2) is 7.51. The van der Waals surface area contributed by atoms with Gasteiger partial charge in [-0.15, -0.1) is 5.10 Å². The van der Waals surface area contributed by atoms with Crippen LogP contribution in [-0.4, -0.2) is 37.0 Å². The SMILES string of the molecule is Cc1ccc(-n2nc(C)c(C(=O)NCCCn3ccnc3C)n2)c(C)c1. The van der Waals surface area contributed by atoms with E-state index in [2.05, 4.69) is 31.1 Å². The molecule has 0 fully saturated rings. The molecule has 2 heterocycles. The molecule has 3 aromatic rings. The van der Waals surface area contributed by atoms with Gasteiger partial charge in [0.25, 0.3) is 5.91 Å². The van der Waals surface area contributed by atoms with Crippen LogP contribution in [0, 0.1) is 27.7 Å². The maximum absolute atomic E-state index is 12.4. The average molecular weight is 352 g/mol. The minimum Gasteiger partial charge on any atom is -0.351 e. The van der Waals surface area contributed by atoms with E-state index in [1.165, 1.54) is 10.4 Å². The van der Waals surface area contributed by atoms with Crippen LogP contribution < -0.4 is 5.32 Å². The highest BCUT2D eigenvalue weighted by Crippen LogP contribution is 2.15. The third-order valence-corrected chi connectivity index (χ3v) is 4.35. The molecule has 0 saturated heterocycles. The Bertz CT molecular complexity index is 924. The Morgan fingerprint density at radius 3 is 2.65 bits per heavy atom. The van der Waals surface area contributed by atoms with Crippen molar-refractivity contribution in [1.82, 2.24) is 29.9 Å². The molecule has 7 heteroatoms. The quantitative estimate of drug-likeness (QED) is 0.692. The zero-order valence-corrected chi connectivity index (χ0v) is 15.7. The number of carbonyl (C=O) groups excluding carboxylic acids is 1. The number of aromatic nitrogens is 5. The molecule has 136 valence electrons. The van der Waals surface area contributed by atoms with Gasteiger partial charge in [0, 0.05) is 25.5 Å². The largest absolute Gasteiger partial charge is 0.351 e. The number of rotatable bonds is 6. The number of imidazole rings is 1. The van der Waals surface area contributed by atoms with Gasteiger partial charge >= 0.3 is 0 Å². The second-order valence-corrected chi connectivity index (χ2v) is 6.49. The third-order valence-electron chi connectivity index (χ3n) is 4.35. The number of hydrogen-bond donors (Lipinski definition) is 1. The summed E-state index contributed by atoms with van der Waals surface area (Å²) < 4.78 is 2.06. The van der Waals surface area contributed by atoms with Gasteiger partial charge in [0.2, 0.25) is 0 Å². The Morgan fingerprint density at radius 2 is 1.96 bits per heavy atom. The Kier molecular flexibility index (Phi) is 5.16. The fourth-order valence-corrected chi connectivity index (χ4v) is 2.90. The average Bonchev–Trinajstić information content (AvgIpc) is 3.17. The molecule has 0 bridgehead atoms. The van der Waals surface area contributed by atoms with Gasteiger partial charge in [0.15, 0.2) is 5.69 Å². The summed E-state index contributed by atoms with van der Waals surface area (Å²) in [6, 6.07) is 6.06. The van der Waals surface area contributed by atoms with E-state index in [9.17, 15) is 4.79 Å². The lowest BCUT2D eigenvalue weighted by Crippen LogP contribution is -2.26. The molecule has 0 aliphatic rings. The van der Waals surface area contributed by atoms with Gasteiger partial charge in [0.1, 0.15) is 5.82 Å². The molecule has 0 radical (unpaired) electrons. The van der Waals surface area contributed by atoms with Crippen molar-refractivity contribution in [2.45, 2.75) is 40.7 Å². The maximum atomic E-state index is 12.4. The first-order valence-corrected chi connectivity index (χ1v) is 8.73. The lowest BCUT2D eigenvalue weighted by atomic mass is 10.1. The Hall–Kier alpha value is -2.96. The molecule has 0 saturated carbocycles. The normalized spacial score (nSPS) is 10.9. The van der Waals surface area contributed by atoms with Crippen LogP contribution in [0.5, 0.6) is 0 Å². The zero-order valence-electron chi connectivity index (χ0n) is 15.7. The highest BCUT2D eigenvalue weighted by Gasteiger charge is 2.16. The molecule has 3 rings (SSSR count). The maximum Gasteiger partial charge on any atom is 0.273 e. The Labute approximate surface area is 153 Å². The fraction of sp³-hybridized carbons (Fsp3) is 0.368. The molecule has 0 aliphatic heterocycles. The standard InChI is InChI=1S/C19H24N6O/c1-13-6-7-17(14(2)12-13)25-22-15(3)18(23-25)19(26)21-8-5-10-24-11-9-20-16(24)4/h6-7,9,11-12H,5,8,10H2,1-4H3,(H,21,26). The van der Waals surface area contributed by atoms with E-state index < -0.39 is 0 Å². The molecule has 0 unspecified atom stereocenters. The van der Waals surface area contributed by atoms with Gasteiger partial charge < -0.3 is 9.88 Å². The molecule has 2 aromatic heterocycles. The van der Waals surface area contributed by atoms with Crippen molar-refractivity contribution in [3.63, 3.8) is 0 Å². The van der Waals surface area contributed by atoms with Crippen LogP contribution in [0.3, 0.4) is 0 Å². The summed E-state index contributed by atoms with van der Waals surface area (Å²) in [5.41, 5.74) is 4.12. The van der Waals surface area contributed by atoms with Crippen molar-refractivity contribution in [2.75, 3.05) is 6.54 Å². The molecule has 7 nitrogen and oxygen atoms in total. The first-order chi connectivity index (χ1) is 12.5. The van der Waals surface area contributed by atoms with Crippen LogP contribution in [0.15, 0.2) is 30.6 Å².